The van der Waals surface area contributed by atoms with Crippen LogP contribution in [0.15, 0.2) is 18.2 Å². The standard InChI is InChI=1S/C12H11NO3/c1-16-12-7-10(8-14)9(6-11(12)15)4-2-3-5-13/h2,4,6-8,15H,3H2,1H3. The Balaban J connectivity index is 3.14. The largest absolute Gasteiger partial charge is 0.504 e. The Hall–Kier alpha value is -2.28. The summed E-state index contributed by atoms with van der Waals surface area (Å²) in [5, 5.41) is 17.9. The molecule has 0 saturated carbocycles. The molecule has 1 rings (SSSR count). The van der Waals surface area contributed by atoms with E-state index < -0.39 is 0 Å². The zero-order valence-electron chi connectivity index (χ0n) is 8.80. The van der Waals surface area contributed by atoms with E-state index in [0.717, 1.165) is 0 Å². The van der Waals surface area contributed by atoms with Gasteiger partial charge in [-0.3, -0.25) is 4.79 Å². The number of phenolic OH excluding ortho intramolecular Hbond substituents is 1. The maximum absolute atomic E-state index is 10.8. The predicted molar refractivity (Wildman–Crippen MR) is 59.3 cm³/mol. The second-order valence-electron chi connectivity index (χ2n) is 3.04. The fourth-order valence-corrected chi connectivity index (χ4v) is 1.25. The molecule has 0 spiro atoms. The van der Waals surface area contributed by atoms with Gasteiger partial charge in [-0.05, 0) is 17.7 Å². The highest BCUT2D eigenvalue weighted by Crippen LogP contribution is 2.29. The van der Waals surface area contributed by atoms with Crippen molar-refractivity contribution in [1.29, 1.82) is 5.26 Å². The molecule has 0 atom stereocenters. The van der Waals surface area contributed by atoms with Crippen LogP contribution in [-0.2, 0) is 0 Å². The van der Waals surface area contributed by atoms with Gasteiger partial charge in [-0.15, -0.1) is 0 Å². The van der Waals surface area contributed by atoms with Gasteiger partial charge in [0.05, 0.1) is 19.6 Å². The fourth-order valence-electron chi connectivity index (χ4n) is 1.25. The molecule has 0 radical (unpaired) electrons. The number of benzene rings is 1. The molecule has 1 N–H and O–H groups in total. The van der Waals surface area contributed by atoms with Crippen molar-refractivity contribution in [2.45, 2.75) is 6.42 Å². The van der Waals surface area contributed by atoms with E-state index in [9.17, 15) is 9.90 Å². The lowest BCUT2D eigenvalue weighted by atomic mass is 10.1. The number of allylic oxidation sites excluding steroid dienone is 1. The van der Waals surface area contributed by atoms with E-state index in [1.807, 2.05) is 6.07 Å². The Morgan fingerprint density at radius 3 is 2.81 bits per heavy atom. The van der Waals surface area contributed by atoms with Crippen LogP contribution in [0.4, 0.5) is 0 Å². The number of nitriles is 1. The van der Waals surface area contributed by atoms with Gasteiger partial charge in [0.1, 0.15) is 0 Å². The monoisotopic (exact) mass is 217 g/mol. The van der Waals surface area contributed by atoms with E-state index in [-0.39, 0.29) is 17.9 Å². The first kappa shape index (κ1) is 11.8. The van der Waals surface area contributed by atoms with Crippen molar-refractivity contribution in [3.8, 4) is 17.6 Å². The Morgan fingerprint density at radius 2 is 2.25 bits per heavy atom. The molecule has 1 aromatic carbocycles. The van der Waals surface area contributed by atoms with Gasteiger partial charge in [0, 0.05) is 5.56 Å². The van der Waals surface area contributed by atoms with Crippen LogP contribution in [0.1, 0.15) is 22.3 Å². The highest BCUT2D eigenvalue weighted by atomic mass is 16.5. The van der Waals surface area contributed by atoms with Gasteiger partial charge >= 0.3 is 0 Å². The van der Waals surface area contributed by atoms with Crippen molar-refractivity contribution in [3.05, 3.63) is 29.3 Å². The van der Waals surface area contributed by atoms with Crippen LogP contribution in [-0.4, -0.2) is 18.5 Å². The summed E-state index contributed by atoms with van der Waals surface area (Å²) in [6.07, 6.45) is 4.17. The molecule has 0 amide bonds. The third-order valence-corrected chi connectivity index (χ3v) is 2.02. The summed E-state index contributed by atoms with van der Waals surface area (Å²) in [6, 6.07) is 4.83. The summed E-state index contributed by atoms with van der Waals surface area (Å²) in [4.78, 5) is 10.8. The number of hydrogen-bond donors (Lipinski definition) is 1. The van der Waals surface area contributed by atoms with E-state index in [4.69, 9.17) is 10.00 Å². The highest BCUT2D eigenvalue weighted by molar-refractivity contribution is 5.83. The molecule has 0 saturated heterocycles. The number of phenols is 1. The molecular weight excluding hydrogens is 206 g/mol. The Labute approximate surface area is 93.4 Å². The molecule has 82 valence electrons. The summed E-state index contributed by atoms with van der Waals surface area (Å²) in [5.41, 5.74) is 0.965. The number of ether oxygens (including phenoxy) is 1. The molecule has 0 aliphatic heterocycles. The van der Waals surface area contributed by atoms with Crippen molar-refractivity contribution in [1.82, 2.24) is 0 Å². The maximum atomic E-state index is 10.8. The Bertz CT molecular complexity index is 458. The van der Waals surface area contributed by atoms with Crippen LogP contribution in [0.2, 0.25) is 0 Å². The zero-order valence-corrected chi connectivity index (χ0v) is 8.80. The number of carbonyl (C=O) groups is 1. The first-order chi connectivity index (χ1) is 7.72. The highest BCUT2D eigenvalue weighted by Gasteiger charge is 2.06. The second kappa shape index (κ2) is 5.56. The number of rotatable bonds is 4. The summed E-state index contributed by atoms with van der Waals surface area (Å²) in [5.74, 6) is 0.212. The van der Waals surface area contributed by atoms with Gasteiger partial charge in [-0.2, -0.15) is 5.26 Å². The van der Waals surface area contributed by atoms with E-state index >= 15 is 0 Å². The number of carbonyl (C=O) groups excluding carboxylic acids is 1. The summed E-state index contributed by atoms with van der Waals surface area (Å²) >= 11 is 0. The van der Waals surface area contributed by atoms with E-state index in [0.29, 0.717) is 17.4 Å². The van der Waals surface area contributed by atoms with Crippen LogP contribution in [0.25, 0.3) is 6.08 Å². The summed E-state index contributed by atoms with van der Waals surface area (Å²) in [6.45, 7) is 0. The molecule has 4 heteroatoms. The average Bonchev–Trinajstić information content (AvgIpc) is 2.30. The van der Waals surface area contributed by atoms with Crippen molar-refractivity contribution in [2.24, 2.45) is 0 Å². The van der Waals surface area contributed by atoms with E-state index in [2.05, 4.69) is 0 Å². The Morgan fingerprint density at radius 1 is 1.50 bits per heavy atom. The third-order valence-electron chi connectivity index (χ3n) is 2.02. The van der Waals surface area contributed by atoms with Crippen molar-refractivity contribution in [2.75, 3.05) is 7.11 Å². The van der Waals surface area contributed by atoms with Crippen LogP contribution in [0.5, 0.6) is 11.5 Å². The van der Waals surface area contributed by atoms with Gasteiger partial charge in [-0.25, -0.2) is 0 Å². The first-order valence-electron chi connectivity index (χ1n) is 4.62. The second-order valence-corrected chi connectivity index (χ2v) is 3.04. The van der Waals surface area contributed by atoms with Crippen molar-refractivity contribution >= 4 is 12.4 Å². The van der Waals surface area contributed by atoms with Gasteiger partial charge in [0.15, 0.2) is 17.8 Å². The van der Waals surface area contributed by atoms with Crippen LogP contribution in [0.3, 0.4) is 0 Å². The number of methoxy groups -OCH3 is 1. The third kappa shape index (κ3) is 2.61. The number of aldehydes is 1. The Kier molecular flexibility index (Phi) is 4.10. The molecule has 0 unspecified atom stereocenters. The normalized spacial score (nSPS) is 10.0. The predicted octanol–water partition coefficient (Wildman–Crippen LogP) is 2.14. The van der Waals surface area contributed by atoms with Crippen molar-refractivity contribution in [3.63, 3.8) is 0 Å². The molecule has 0 heterocycles. The van der Waals surface area contributed by atoms with Gasteiger partial charge in [0.25, 0.3) is 0 Å². The maximum Gasteiger partial charge on any atom is 0.161 e. The summed E-state index contributed by atoms with van der Waals surface area (Å²) < 4.78 is 4.88. The molecule has 0 fully saturated rings. The minimum Gasteiger partial charge on any atom is -0.504 e. The average molecular weight is 217 g/mol. The smallest absolute Gasteiger partial charge is 0.161 e. The fraction of sp³-hybridized carbons (Fsp3) is 0.167. The number of hydrogen-bond acceptors (Lipinski definition) is 4. The van der Waals surface area contributed by atoms with Crippen LogP contribution in [0, 0.1) is 11.3 Å². The van der Waals surface area contributed by atoms with E-state index in [1.54, 1.807) is 12.2 Å². The van der Waals surface area contributed by atoms with Gasteiger partial charge in [-0.1, -0.05) is 12.2 Å². The lowest BCUT2D eigenvalue weighted by Gasteiger charge is -2.06. The van der Waals surface area contributed by atoms with Gasteiger partial charge < -0.3 is 9.84 Å². The minimum atomic E-state index is -0.0373. The zero-order chi connectivity index (χ0) is 12.0. The molecule has 0 aliphatic rings. The van der Waals surface area contributed by atoms with Crippen LogP contribution >= 0.6 is 0 Å². The molecule has 0 aliphatic carbocycles. The molecule has 16 heavy (non-hydrogen) atoms. The molecule has 4 nitrogen and oxygen atoms in total. The topological polar surface area (TPSA) is 70.3 Å². The molecule has 1 aromatic rings. The molecular formula is C12H11NO3. The van der Waals surface area contributed by atoms with Crippen molar-refractivity contribution < 1.29 is 14.6 Å². The number of nitrogens with zero attached hydrogens (tertiary/aromatic N) is 1. The first-order valence-corrected chi connectivity index (χ1v) is 4.62. The lowest BCUT2D eigenvalue weighted by Crippen LogP contribution is -1.90. The van der Waals surface area contributed by atoms with Gasteiger partial charge in [0.2, 0.25) is 0 Å². The molecule has 0 aromatic heterocycles. The summed E-state index contributed by atoms with van der Waals surface area (Å²) in [7, 11) is 1.41. The van der Waals surface area contributed by atoms with Crippen LogP contribution < -0.4 is 4.74 Å². The van der Waals surface area contributed by atoms with E-state index in [1.165, 1.54) is 19.2 Å². The molecule has 0 bridgehead atoms. The SMILES string of the molecule is COc1cc(C=O)c(C=CCC#N)cc1O. The lowest BCUT2D eigenvalue weighted by molar-refractivity contribution is 0.112. The quantitative estimate of drug-likeness (QED) is 0.784. The number of aromatic hydroxyl groups is 1. The minimum absolute atomic E-state index is 0.0373.